The number of rotatable bonds is 3. The van der Waals surface area contributed by atoms with Crippen LogP contribution >= 0.6 is 0 Å². The summed E-state index contributed by atoms with van der Waals surface area (Å²) in [6.45, 7) is 2.53. The molecule has 1 aliphatic carbocycles. The number of fused-ring (bicyclic) bond motifs is 1. The van der Waals surface area contributed by atoms with Crippen LogP contribution in [0.5, 0.6) is 0 Å². The Bertz CT molecular complexity index is 524. The van der Waals surface area contributed by atoms with Gasteiger partial charge in [0, 0.05) is 18.4 Å². The van der Waals surface area contributed by atoms with Crippen LogP contribution in [0.25, 0.3) is 0 Å². The third-order valence-corrected chi connectivity index (χ3v) is 3.65. The Kier molecular flexibility index (Phi) is 2.88. The highest BCUT2D eigenvalue weighted by atomic mass is 16.5. The van der Waals surface area contributed by atoms with E-state index in [0.29, 0.717) is 18.4 Å². The summed E-state index contributed by atoms with van der Waals surface area (Å²) in [6.07, 6.45) is 2.01. The molecule has 94 valence electrons. The predicted octanol–water partition coefficient (Wildman–Crippen LogP) is 2.01. The second-order valence-electron chi connectivity index (χ2n) is 5.00. The van der Waals surface area contributed by atoms with Crippen LogP contribution in [-0.4, -0.2) is 16.7 Å². The van der Waals surface area contributed by atoms with Gasteiger partial charge in [-0.05, 0) is 24.0 Å². The third-order valence-electron chi connectivity index (χ3n) is 3.65. The van der Waals surface area contributed by atoms with E-state index >= 15 is 0 Å². The maximum atomic E-state index is 5.61. The van der Waals surface area contributed by atoms with Gasteiger partial charge in [0.05, 0.1) is 0 Å². The lowest BCUT2D eigenvalue weighted by Crippen LogP contribution is -2.09. The van der Waals surface area contributed by atoms with Crippen LogP contribution in [0, 0.1) is 0 Å². The number of hydrogen-bond acceptors (Lipinski definition) is 4. The number of aromatic nitrogens is 2. The molecule has 2 aromatic rings. The first-order valence-corrected chi connectivity index (χ1v) is 6.38. The molecule has 1 aliphatic rings. The Labute approximate surface area is 106 Å². The van der Waals surface area contributed by atoms with Crippen molar-refractivity contribution >= 4 is 0 Å². The maximum Gasteiger partial charge on any atom is 0.230 e. The lowest BCUT2D eigenvalue weighted by atomic mass is 10.1. The Morgan fingerprint density at radius 2 is 2.00 bits per heavy atom. The third kappa shape index (κ3) is 1.93. The van der Waals surface area contributed by atoms with Crippen molar-refractivity contribution in [3.8, 4) is 0 Å². The summed E-state index contributed by atoms with van der Waals surface area (Å²) in [5.74, 6) is 1.96. The second-order valence-corrected chi connectivity index (χ2v) is 5.00. The number of benzene rings is 1. The summed E-state index contributed by atoms with van der Waals surface area (Å²) < 4.78 is 5.29. The molecule has 1 aromatic carbocycles. The highest BCUT2D eigenvalue weighted by Gasteiger charge is 2.27. The molecule has 1 unspecified atom stereocenters. The van der Waals surface area contributed by atoms with E-state index in [4.69, 9.17) is 10.3 Å². The van der Waals surface area contributed by atoms with E-state index in [1.54, 1.807) is 0 Å². The largest absolute Gasteiger partial charge is 0.339 e. The van der Waals surface area contributed by atoms with Crippen LogP contribution in [0.4, 0.5) is 0 Å². The van der Waals surface area contributed by atoms with Gasteiger partial charge in [-0.3, -0.25) is 0 Å². The van der Waals surface area contributed by atoms with Gasteiger partial charge in [-0.25, -0.2) is 0 Å². The van der Waals surface area contributed by atoms with Crippen molar-refractivity contribution in [3.63, 3.8) is 0 Å². The van der Waals surface area contributed by atoms with Crippen LogP contribution in [0.1, 0.15) is 41.6 Å². The summed E-state index contributed by atoms with van der Waals surface area (Å²) in [5.41, 5.74) is 8.41. The number of nitrogens with two attached hydrogens (primary N) is 1. The van der Waals surface area contributed by atoms with E-state index in [1.807, 2.05) is 6.92 Å². The Hall–Kier alpha value is -1.68. The second kappa shape index (κ2) is 4.53. The number of nitrogens with zero attached hydrogens (tertiary/aromatic N) is 2. The molecule has 0 radical (unpaired) electrons. The SMILES string of the molecule is CC(CN)c1nc(C2Cc3ccccc3C2)no1. The molecule has 0 bridgehead atoms. The monoisotopic (exact) mass is 243 g/mol. The highest BCUT2D eigenvalue weighted by molar-refractivity contribution is 5.34. The summed E-state index contributed by atoms with van der Waals surface area (Å²) in [5, 5.41) is 4.11. The molecule has 0 spiro atoms. The van der Waals surface area contributed by atoms with E-state index in [0.717, 1.165) is 18.7 Å². The van der Waals surface area contributed by atoms with Crippen molar-refractivity contribution in [2.75, 3.05) is 6.54 Å². The molecule has 1 heterocycles. The Morgan fingerprint density at radius 3 is 2.61 bits per heavy atom. The molecule has 4 heteroatoms. The van der Waals surface area contributed by atoms with E-state index < -0.39 is 0 Å². The normalized spacial score (nSPS) is 16.8. The van der Waals surface area contributed by atoms with Gasteiger partial charge in [-0.15, -0.1) is 0 Å². The average molecular weight is 243 g/mol. The fourth-order valence-electron chi connectivity index (χ4n) is 2.46. The zero-order valence-corrected chi connectivity index (χ0v) is 10.5. The molecule has 1 aromatic heterocycles. The standard InChI is InChI=1S/C14H17N3O/c1-9(8-15)14-16-13(17-18-14)12-6-10-4-2-3-5-11(10)7-12/h2-5,9,12H,6-8,15H2,1H3. The summed E-state index contributed by atoms with van der Waals surface area (Å²) in [7, 11) is 0. The first-order valence-electron chi connectivity index (χ1n) is 6.38. The van der Waals surface area contributed by atoms with Crippen molar-refractivity contribution in [1.82, 2.24) is 10.1 Å². The van der Waals surface area contributed by atoms with Crippen molar-refractivity contribution in [2.45, 2.75) is 31.6 Å². The minimum absolute atomic E-state index is 0.134. The quantitative estimate of drug-likeness (QED) is 0.895. The molecule has 0 saturated carbocycles. The molecule has 0 amide bonds. The fourth-order valence-corrected chi connectivity index (χ4v) is 2.46. The molecule has 0 aliphatic heterocycles. The van der Waals surface area contributed by atoms with Gasteiger partial charge in [0.25, 0.3) is 0 Å². The van der Waals surface area contributed by atoms with Gasteiger partial charge in [0.1, 0.15) is 0 Å². The van der Waals surface area contributed by atoms with Crippen LogP contribution in [0.3, 0.4) is 0 Å². The van der Waals surface area contributed by atoms with Crippen molar-refractivity contribution in [2.24, 2.45) is 5.73 Å². The van der Waals surface area contributed by atoms with Gasteiger partial charge in [-0.1, -0.05) is 36.3 Å². The van der Waals surface area contributed by atoms with E-state index in [2.05, 4.69) is 34.4 Å². The van der Waals surface area contributed by atoms with Crippen LogP contribution < -0.4 is 5.73 Å². The van der Waals surface area contributed by atoms with Crippen molar-refractivity contribution in [1.29, 1.82) is 0 Å². The summed E-state index contributed by atoms with van der Waals surface area (Å²) in [6, 6.07) is 8.52. The molecule has 0 saturated heterocycles. The van der Waals surface area contributed by atoms with E-state index in [9.17, 15) is 0 Å². The Morgan fingerprint density at radius 1 is 1.33 bits per heavy atom. The highest BCUT2D eigenvalue weighted by Crippen LogP contribution is 2.32. The molecule has 3 rings (SSSR count). The molecule has 1 atom stereocenters. The van der Waals surface area contributed by atoms with Crippen molar-refractivity contribution < 1.29 is 4.52 Å². The summed E-state index contributed by atoms with van der Waals surface area (Å²) in [4.78, 5) is 4.49. The predicted molar refractivity (Wildman–Crippen MR) is 68.4 cm³/mol. The minimum Gasteiger partial charge on any atom is -0.339 e. The van der Waals surface area contributed by atoms with Gasteiger partial charge in [0.15, 0.2) is 5.82 Å². The zero-order chi connectivity index (χ0) is 12.5. The van der Waals surface area contributed by atoms with Gasteiger partial charge in [-0.2, -0.15) is 4.98 Å². The van der Waals surface area contributed by atoms with Crippen molar-refractivity contribution in [3.05, 3.63) is 47.1 Å². The lowest BCUT2D eigenvalue weighted by molar-refractivity contribution is 0.354. The molecule has 2 N–H and O–H groups in total. The van der Waals surface area contributed by atoms with Gasteiger partial charge in [0.2, 0.25) is 5.89 Å². The topological polar surface area (TPSA) is 64.9 Å². The minimum atomic E-state index is 0.134. The zero-order valence-electron chi connectivity index (χ0n) is 10.5. The van der Waals surface area contributed by atoms with E-state index in [1.165, 1.54) is 11.1 Å². The molecular formula is C14H17N3O. The van der Waals surface area contributed by atoms with Crippen LogP contribution in [-0.2, 0) is 12.8 Å². The molecule has 4 nitrogen and oxygen atoms in total. The molecular weight excluding hydrogens is 226 g/mol. The van der Waals surface area contributed by atoms with Crippen LogP contribution in [0.15, 0.2) is 28.8 Å². The first-order chi connectivity index (χ1) is 8.78. The van der Waals surface area contributed by atoms with Gasteiger partial charge < -0.3 is 10.3 Å². The van der Waals surface area contributed by atoms with Gasteiger partial charge >= 0.3 is 0 Å². The van der Waals surface area contributed by atoms with E-state index in [-0.39, 0.29) is 5.92 Å². The maximum absolute atomic E-state index is 5.61. The smallest absolute Gasteiger partial charge is 0.230 e. The molecule has 0 fully saturated rings. The Balaban J connectivity index is 1.80. The average Bonchev–Trinajstić information content (AvgIpc) is 3.03. The summed E-state index contributed by atoms with van der Waals surface area (Å²) >= 11 is 0. The first kappa shape index (κ1) is 11.4. The lowest BCUT2D eigenvalue weighted by Gasteiger charge is -2.01. The van der Waals surface area contributed by atoms with Crippen LogP contribution in [0.2, 0.25) is 0 Å². The fraction of sp³-hybridized carbons (Fsp3) is 0.429. The number of hydrogen-bond donors (Lipinski definition) is 1. The molecule has 18 heavy (non-hydrogen) atoms.